The van der Waals surface area contributed by atoms with Crippen molar-refractivity contribution in [2.45, 2.75) is 27.3 Å². The summed E-state index contributed by atoms with van der Waals surface area (Å²) in [6, 6.07) is 13.9. The highest BCUT2D eigenvalue weighted by atomic mass is 32.1. The molecule has 6 heteroatoms. The van der Waals surface area contributed by atoms with Gasteiger partial charge in [0.2, 0.25) is 0 Å². The molecule has 0 aliphatic carbocycles. The van der Waals surface area contributed by atoms with Crippen molar-refractivity contribution in [2.24, 2.45) is 0 Å². The zero-order valence-corrected chi connectivity index (χ0v) is 18.2. The molecule has 0 spiro atoms. The van der Waals surface area contributed by atoms with Crippen LogP contribution in [-0.4, -0.2) is 22.8 Å². The molecule has 0 unspecified atom stereocenters. The monoisotopic (exact) mass is 420 g/mol. The van der Waals surface area contributed by atoms with Gasteiger partial charge in [0, 0.05) is 10.9 Å². The van der Waals surface area contributed by atoms with Crippen molar-refractivity contribution in [3.63, 3.8) is 0 Å². The van der Waals surface area contributed by atoms with Gasteiger partial charge in [-0.3, -0.25) is 9.36 Å². The third-order valence-corrected chi connectivity index (χ3v) is 5.96. The fraction of sp³-hybridized carbons (Fsp3) is 0.250. The average molecular weight is 421 g/mol. The third-order valence-electron chi connectivity index (χ3n) is 5.00. The smallest absolute Gasteiger partial charge is 0.271 e. The van der Waals surface area contributed by atoms with Crippen molar-refractivity contribution in [1.82, 2.24) is 9.55 Å². The Bertz CT molecular complexity index is 1240. The number of hydrogen-bond acceptors (Lipinski definition) is 5. The first-order valence-electron chi connectivity index (χ1n) is 10.0. The van der Waals surface area contributed by atoms with E-state index in [1.165, 1.54) is 11.3 Å². The van der Waals surface area contributed by atoms with Gasteiger partial charge in [-0.1, -0.05) is 30.3 Å². The number of thiophene rings is 1. The molecule has 2 aromatic heterocycles. The Balaban J connectivity index is 1.74. The SMILES string of the molecule is CCOc1ccc(-c2csc3c(=O)n(Cc4ccccc4C)cnc23)cc1OCC. The number of aromatic nitrogens is 2. The maximum atomic E-state index is 13.1. The van der Waals surface area contributed by atoms with E-state index in [9.17, 15) is 4.79 Å². The van der Waals surface area contributed by atoms with Crippen LogP contribution < -0.4 is 15.0 Å². The summed E-state index contributed by atoms with van der Waals surface area (Å²) < 4.78 is 13.7. The third kappa shape index (κ3) is 3.83. The van der Waals surface area contributed by atoms with Gasteiger partial charge in [0.25, 0.3) is 5.56 Å². The van der Waals surface area contributed by atoms with Crippen LogP contribution in [-0.2, 0) is 6.54 Å². The highest BCUT2D eigenvalue weighted by molar-refractivity contribution is 7.17. The average Bonchev–Trinajstić information content (AvgIpc) is 3.18. The molecule has 0 saturated carbocycles. The second kappa shape index (κ2) is 8.71. The molecule has 0 aliphatic heterocycles. The van der Waals surface area contributed by atoms with Crippen molar-refractivity contribution < 1.29 is 9.47 Å². The Kier molecular flexibility index (Phi) is 5.86. The van der Waals surface area contributed by atoms with Gasteiger partial charge in [-0.2, -0.15) is 0 Å². The van der Waals surface area contributed by atoms with Crippen LogP contribution in [0.25, 0.3) is 21.3 Å². The molecule has 2 heterocycles. The molecule has 2 aromatic carbocycles. The number of ether oxygens (including phenoxy) is 2. The first kappa shape index (κ1) is 20.2. The summed E-state index contributed by atoms with van der Waals surface area (Å²) in [5, 5.41) is 1.99. The standard InChI is InChI=1S/C24H24N2O3S/c1-4-28-20-11-10-17(12-21(20)29-5-2)19-14-30-23-22(19)25-15-26(24(23)27)13-18-9-7-6-8-16(18)3/h6-12,14-15H,4-5,13H2,1-3H3. The Hall–Kier alpha value is -3.12. The predicted molar refractivity (Wildman–Crippen MR) is 122 cm³/mol. The molecule has 154 valence electrons. The van der Waals surface area contributed by atoms with Gasteiger partial charge < -0.3 is 9.47 Å². The van der Waals surface area contributed by atoms with Gasteiger partial charge in [0.05, 0.1) is 31.6 Å². The van der Waals surface area contributed by atoms with Gasteiger partial charge in [-0.15, -0.1) is 11.3 Å². The molecule has 0 N–H and O–H groups in total. The summed E-state index contributed by atoms with van der Waals surface area (Å²) in [6.45, 7) is 7.58. The van der Waals surface area contributed by atoms with E-state index >= 15 is 0 Å². The lowest BCUT2D eigenvalue weighted by Crippen LogP contribution is -2.20. The van der Waals surface area contributed by atoms with Crippen LogP contribution in [0.1, 0.15) is 25.0 Å². The molecule has 0 amide bonds. The zero-order valence-electron chi connectivity index (χ0n) is 17.3. The Morgan fingerprint density at radius 1 is 1.03 bits per heavy atom. The van der Waals surface area contributed by atoms with Crippen LogP contribution in [0.4, 0.5) is 0 Å². The van der Waals surface area contributed by atoms with E-state index in [2.05, 4.69) is 18.0 Å². The lowest BCUT2D eigenvalue weighted by atomic mass is 10.1. The molecule has 4 rings (SSSR count). The molecule has 0 radical (unpaired) electrons. The normalized spacial score (nSPS) is 11.0. The van der Waals surface area contributed by atoms with Crippen molar-refractivity contribution in [3.05, 3.63) is 75.7 Å². The molecule has 0 bridgehead atoms. The van der Waals surface area contributed by atoms with E-state index in [1.807, 2.05) is 55.6 Å². The lowest BCUT2D eigenvalue weighted by Gasteiger charge is -2.12. The van der Waals surface area contributed by atoms with Crippen molar-refractivity contribution in [1.29, 1.82) is 0 Å². The molecular formula is C24H24N2O3S. The van der Waals surface area contributed by atoms with E-state index in [4.69, 9.17) is 9.47 Å². The minimum absolute atomic E-state index is 0.0181. The summed E-state index contributed by atoms with van der Waals surface area (Å²) in [7, 11) is 0. The van der Waals surface area contributed by atoms with E-state index < -0.39 is 0 Å². The minimum Gasteiger partial charge on any atom is -0.490 e. The minimum atomic E-state index is -0.0181. The van der Waals surface area contributed by atoms with Crippen LogP contribution in [0.5, 0.6) is 11.5 Å². The number of fused-ring (bicyclic) bond motifs is 1. The molecule has 30 heavy (non-hydrogen) atoms. The lowest BCUT2D eigenvalue weighted by molar-refractivity contribution is 0.288. The highest BCUT2D eigenvalue weighted by Gasteiger charge is 2.15. The number of hydrogen-bond donors (Lipinski definition) is 0. The quantitative estimate of drug-likeness (QED) is 0.408. The molecule has 0 saturated heterocycles. The second-order valence-corrected chi connectivity index (χ2v) is 7.84. The van der Waals surface area contributed by atoms with E-state index in [1.54, 1.807) is 10.9 Å². The highest BCUT2D eigenvalue weighted by Crippen LogP contribution is 2.36. The topological polar surface area (TPSA) is 53.4 Å². The summed E-state index contributed by atoms with van der Waals surface area (Å²) in [4.78, 5) is 17.7. The Labute approximate surface area is 179 Å². The van der Waals surface area contributed by atoms with Gasteiger partial charge in [0.15, 0.2) is 11.5 Å². The fourth-order valence-corrected chi connectivity index (χ4v) is 4.42. The van der Waals surface area contributed by atoms with E-state index in [0.717, 1.165) is 33.5 Å². The number of rotatable bonds is 7. The van der Waals surface area contributed by atoms with Crippen molar-refractivity contribution in [2.75, 3.05) is 13.2 Å². The van der Waals surface area contributed by atoms with Crippen LogP contribution >= 0.6 is 11.3 Å². The summed E-state index contributed by atoms with van der Waals surface area (Å²) >= 11 is 1.43. The number of benzene rings is 2. The van der Waals surface area contributed by atoms with E-state index in [-0.39, 0.29) is 5.56 Å². The van der Waals surface area contributed by atoms with E-state index in [0.29, 0.717) is 30.2 Å². The number of aryl methyl sites for hydroxylation is 1. The molecule has 0 fully saturated rings. The summed E-state index contributed by atoms with van der Waals surface area (Å²) in [5.41, 5.74) is 4.86. The van der Waals surface area contributed by atoms with Crippen LogP contribution in [0.2, 0.25) is 0 Å². The zero-order chi connectivity index (χ0) is 21.1. The number of nitrogens with zero attached hydrogens (tertiary/aromatic N) is 2. The summed E-state index contributed by atoms with van der Waals surface area (Å²) in [5.74, 6) is 1.42. The molecule has 0 aliphatic rings. The summed E-state index contributed by atoms with van der Waals surface area (Å²) in [6.07, 6.45) is 1.64. The van der Waals surface area contributed by atoms with Gasteiger partial charge in [-0.05, 0) is 49.6 Å². The van der Waals surface area contributed by atoms with Crippen LogP contribution in [0.15, 0.2) is 59.0 Å². The Morgan fingerprint density at radius 3 is 2.57 bits per heavy atom. The van der Waals surface area contributed by atoms with Crippen LogP contribution in [0.3, 0.4) is 0 Å². The molecular weight excluding hydrogens is 396 g/mol. The van der Waals surface area contributed by atoms with Gasteiger partial charge in [0.1, 0.15) is 4.70 Å². The van der Waals surface area contributed by atoms with Crippen molar-refractivity contribution in [3.8, 4) is 22.6 Å². The van der Waals surface area contributed by atoms with Gasteiger partial charge in [-0.25, -0.2) is 4.98 Å². The fourth-order valence-electron chi connectivity index (χ4n) is 3.45. The first-order valence-corrected chi connectivity index (χ1v) is 10.9. The first-order chi connectivity index (χ1) is 14.6. The molecule has 0 atom stereocenters. The van der Waals surface area contributed by atoms with Gasteiger partial charge >= 0.3 is 0 Å². The van der Waals surface area contributed by atoms with Crippen molar-refractivity contribution >= 4 is 21.6 Å². The Morgan fingerprint density at radius 2 is 1.80 bits per heavy atom. The predicted octanol–water partition coefficient (Wildman–Crippen LogP) is 5.28. The molecule has 4 aromatic rings. The van der Waals surface area contributed by atoms with Crippen LogP contribution in [0, 0.1) is 6.92 Å². The second-order valence-electron chi connectivity index (χ2n) is 6.96. The largest absolute Gasteiger partial charge is 0.490 e. The maximum Gasteiger partial charge on any atom is 0.271 e. The maximum absolute atomic E-state index is 13.1. The molecule has 5 nitrogen and oxygen atoms in total.